The van der Waals surface area contributed by atoms with Gasteiger partial charge in [-0.1, -0.05) is 26.3 Å². The first-order valence-electron chi connectivity index (χ1n) is 8.34. The molecular weight excluding hydrogens is 279 g/mol. The van der Waals surface area contributed by atoms with Gasteiger partial charge in [-0.05, 0) is 43.0 Å². The number of hydrogen-bond donors (Lipinski definition) is 1. The Balaban J connectivity index is 2.23. The summed E-state index contributed by atoms with van der Waals surface area (Å²) >= 11 is 0. The molecule has 22 heavy (non-hydrogen) atoms. The van der Waals surface area contributed by atoms with E-state index in [-0.39, 0.29) is 11.7 Å². The van der Waals surface area contributed by atoms with Crippen LogP contribution in [-0.4, -0.2) is 37.7 Å². The summed E-state index contributed by atoms with van der Waals surface area (Å²) in [6.45, 7) is 7.25. The van der Waals surface area contributed by atoms with Gasteiger partial charge in [0.1, 0.15) is 0 Å². The van der Waals surface area contributed by atoms with Gasteiger partial charge in [-0.3, -0.25) is 4.90 Å². The van der Waals surface area contributed by atoms with E-state index in [0.29, 0.717) is 24.3 Å². The van der Waals surface area contributed by atoms with Crippen molar-refractivity contribution in [3.05, 3.63) is 29.6 Å². The van der Waals surface area contributed by atoms with Gasteiger partial charge in [0.2, 0.25) is 0 Å². The molecule has 3 nitrogen and oxygen atoms in total. The maximum Gasteiger partial charge on any atom is 0.165 e. The average Bonchev–Trinajstić information content (AvgIpc) is 2.49. The summed E-state index contributed by atoms with van der Waals surface area (Å²) in [7, 11) is 1.49. The van der Waals surface area contributed by atoms with Crippen molar-refractivity contribution in [1.29, 1.82) is 0 Å². The zero-order valence-corrected chi connectivity index (χ0v) is 14.0. The number of halogens is 1. The van der Waals surface area contributed by atoms with Gasteiger partial charge in [-0.15, -0.1) is 0 Å². The van der Waals surface area contributed by atoms with Crippen LogP contribution in [0.5, 0.6) is 5.75 Å². The molecule has 0 aromatic heterocycles. The van der Waals surface area contributed by atoms with Crippen molar-refractivity contribution in [3.63, 3.8) is 0 Å². The number of benzene rings is 1. The number of ether oxygens (including phenoxy) is 1. The normalized spacial score (nSPS) is 21.1. The second kappa shape index (κ2) is 7.93. The Morgan fingerprint density at radius 1 is 1.36 bits per heavy atom. The van der Waals surface area contributed by atoms with Crippen molar-refractivity contribution in [2.45, 2.75) is 45.1 Å². The fraction of sp³-hybridized carbons (Fsp3) is 0.667. The highest BCUT2D eigenvalue weighted by atomic mass is 19.1. The van der Waals surface area contributed by atoms with Crippen LogP contribution < -0.4 is 10.5 Å². The topological polar surface area (TPSA) is 38.5 Å². The number of rotatable bonds is 6. The second-order valence-electron chi connectivity index (χ2n) is 6.69. The molecule has 2 rings (SSSR count). The minimum absolute atomic E-state index is 0.180. The molecule has 0 saturated carbocycles. The Labute approximate surface area is 133 Å². The van der Waals surface area contributed by atoms with E-state index in [1.807, 2.05) is 6.07 Å². The van der Waals surface area contributed by atoms with Gasteiger partial charge < -0.3 is 10.5 Å². The number of nitrogens with zero attached hydrogens (tertiary/aromatic N) is 1. The van der Waals surface area contributed by atoms with Crippen LogP contribution in [0.15, 0.2) is 18.2 Å². The quantitative estimate of drug-likeness (QED) is 0.875. The van der Waals surface area contributed by atoms with Gasteiger partial charge in [0.15, 0.2) is 11.6 Å². The van der Waals surface area contributed by atoms with E-state index in [9.17, 15) is 4.39 Å². The van der Waals surface area contributed by atoms with E-state index >= 15 is 0 Å². The molecule has 0 radical (unpaired) electrons. The van der Waals surface area contributed by atoms with Crippen molar-refractivity contribution in [3.8, 4) is 5.75 Å². The van der Waals surface area contributed by atoms with E-state index in [0.717, 1.165) is 25.1 Å². The Kier molecular flexibility index (Phi) is 6.21. The highest BCUT2D eigenvalue weighted by Gasteiger charge is 2.30. The van der Waals surface area contributed by atoms with Crippen molar-refractivity contribution < 1.29 is 9.13 Å². The number of piperidine rings is 1. The van der Waals surface area contributed by atoms with Gasteiger partial charge in [-0.2, -0.15) is 0 Å². The first kappa shape index (κ1) is 17.2. The first-order valence-corrected chi connectivity index (χ1v) is 8.34. The number of likely N-dealkylation sites (tertiary alicyclic amines) is 1. The van der Waals surface area contributed by atoms with Crippen molar-refractivity contribution in [1.82, 2.24) is 4.90 Å². The molecule has 1 aliphatic rings. The van der Waals surface area contributed by atoms with Crippen LogP contribution in [0.1, 0.15) is 44.6 Å². The van der Waals surface area contributed by atoms with Crippen LogP contribution in [0.4, 0.5) is 4.39 Å². The highest BCUT2D eigenvalue weighted by molar-refractivity contribution is 5.32. The SMILES string of the molecule is COc1ccc(C(CN)C2CCCCN2CC(C)C)cc1F. The maximum atomic E-state index is 14.0. The second-order valence-corrected chi connectivity index (χ2v) is 6.69. The molecule has 0 amide bonds. The van der Waals surface area contributed by atoms with Crippen LogP contribution in [0, 0.1) is 11.7 Å². The lowest BCUT2D eigenvalue weighted by Gasteiger charge is -2.41. The van der Waals surface area contributed by atoms with Gasteiger partial charge in [-0.25, -0.2) is 4.39 Å². The van der Waals surface area contributed by atoms with E-state index < -0.39 is 0 Å². The molecule has 0 spiro atoms. The van der Waals surface area contributed by atoms with Gasteiger partial charge >= 0.3 is 0 Å². The third-order valence-electron chi connectivity index (χ3n) is 4.59. The lowest BCUT2D eigenvalue weighted by Crippen LogP contribution is -2.46. The molecule has 1 aromatic rings. The summed E-state index contributed by atoms with van der Waals surface area (Å²) in [4.78, 5) is 2.55. The van der Waals surface area contributed by atoms with Crippen LogP contribution in [-0.2, 0) is 0 Å². The fourth-order valence-electron chi connectivity index (χ4n) is 3.60. The van der Waals surface area contributed by atoms with Crippen molar-refractivity contribution >= 4 is 0 Å². The summed E-state index contributed by atoms with van der Waals surface area (Å²) in [5.74, 6) is 0.804. The van der Waals surface area contributed by atoms with E-state index in [4.69, 9.17) is 10.5 Å². The number of nitrogens with two attached hydrogens (primary N) is 1. The molecule has 0 bridgehead atoms. The molecule has 124 valence electrons. The lowest BCUT2D eigenvalue weighted by molar-refractivity contribution is 0.112. The Morgan fingerprint density at radius 3 is 2.73 bits per heavy atom. The Hall–Kier alpha value is -1.13. The van der Waals surface area contributed by atoms with E-state index in [2.05, 4.69) is 18.7 Å². The largest absolute Gasteiger partial charge is 0.494 e. The first-order chi connectivity index (χ1) is 10.6. The zero-order valence-electron chi connectivity index (χ0n) is 14.0. The molecule has 1 heterocycles. The molecule has 2 unspecified atom stereocenters. The van der Waals surface area contributed by atoms with E-state index in [1.54, 1.807) is 12.1 Å². The standard InChI is InChI=1S/C18H29FN2O/c1-13(2)12-21-9-5-4-6-17(21)15(11-20)14-7-8-18(22-3)16(19)10-14/h7-8,10,13,15,17H,4-6,9,11-12,20H2,1-3H3. The Bertz CT molecular complexity index is 478. The molecule has 2 atom stereocenters. The van der Waals surface area contributed by atoms with Crippen molar-refractivity contribution in [2.75, 3.05) is 26.7 Å². The predicted octanol–water partition coefficient (Wildman–Crippen LogP) is 3.39. The van der Waals surface area contributed by atoms with Crippen molar-refractivity contribution in [2.24, 2.45) is 11.7 Å². The van der Waals surface area contributed by atoms with Gasteiger partial charge in [0.05, 0.1) is 7.11 Å². The predicted molar refractivity (Wildman–Crippen MR) is 88.8 cm³/mol. The van der Waals surface area contributed by atoms with Crippen LogP contribution >= 0.6 is 0 Å². The molecule has 1 fully saturated rings. The number of methoxy groups -OCH3 is 1. The third kappa shape index (κ3) is 3.99. The molecular formula is C18H29FN2O. The van der Waals surface area contributed by atoms with Gasteiger partial charge in [0.25, 0.3) is 0 Å². The Morgan fingerprint density at radius 2 is 2.14 bits per heavy atom. The monoisotopic (exact) mass is 308 g/mol. The molecule has 2 N–H and O–H groups in total. The minimum Gasteiger partial charge on any atom is -0.494 e. The lowest BCUT2D eigenvalue weighted by atomic mass is 9.84. The maximum absolute atomic E-state index is 14.0. The number of hydrogen-bond acceptors (Lipinski definition) is 3. The summed E-state index contributed by atoms with van der Waals surface area (Å²) < 4.78 is 19.1. The van der Waals surface area contributed by atoms with Crippen LogP contribution in [0.25, 0.3) is 0 Å². The minimum atomic E-state index is -0.301. The van der Waals surface area contributed by atoms with Gasteiger partial charge in [0, 0.05) is 25.0 Å². The third-order valence-corrected chi connectivity index (χ3v) is 4.59. The molecule has 1 aromatic carbocycles. The summed E-state index contributed by atoms with van der Waals surface area (Å²) in [5.41, 5.74) is 7.06. The smallest absolute Gasteiger partial charge is 0.165 e. The average molecular weight is 308 g/mol. The van der Waals surface area contributed by atoms with Crippen LogP contribution in [0.2, 0.25) is 0 Å². The summed E-state index contributed by atoms with van der Waals surface area (Å²) in [6.07, 6.45) is 3.62. The summed E-state index contributed by atoms with van der Waals surface area (Å²) in [5, 5.41) is 0. The summed E-state index contributed by atoms with van der Waals surface area (Å²) in [6, 6.07) is 5.68. The molecule has 1 saturated heterocycles. The zero-order chi connectivity index (χ0) is 16.1. The fourth-order valence-corrected chi connectivity index (χ4v) is 3.60. The van der Waals surface area contributed by atoms with Crippen LogP contribution in [0.3, 0.4) is 0 Å². The van der Waals surface area contributed by atoms with E-state index in [1.165, 1.54) is 20.0 Å². The molecule has 4 heteroatoms. The highest BCUT2D eigenvalue weighted by Crippen LogP contribution is 2.32. The molecule has 0 aliphatic carbocycles. The molecule has 1 aliphatic heterocycles.